The first-order chi connectivity index (χ1) is 42.1. The Hall–Kier alpha value is -5.92. The number of piperazine rings is 1. The maximum Gasteiger partial charge on any atom is 0.241 e. The number of fused-ring (bicyclic) bond motifs is 1. The minimum absolute atomic E-state index is 0.0421. The van der Waals surface area contributed by atoms with Gasteiger partial charge >= 0.3 is 0 Å². The minimum atomic E-state index is -3.59. The zero-order chi connectivity index (χ0) is 63.1. The van der Waals surface area contributed by atoms with Gasteiger partial charge in [-0.25, -0.2) is 17.8 Å². The van der Waals surface area contributed by atoms with Gasteiger partial charge in [0.2, 0.25) is 17.8 Å². The maximum atomic E-state index is 14.2. The van der Waals surface area contributed by atoms with Crippen molar-refractivity contribution in [2.24, 2.45) is 0 Å². The lowest BCUT2D eigenvalue weighted by atomic mass is 9.86. The number of hydrogen-bond donors (Lipinski definition) is 4. The third-order valence-electron chi connectivity index (χ3n) is 16.2. The van der Waals surface area contributed by atoms with E-state index in [1.54, 1.807) is 57.4 Å². The third-order valence-corrected chi connectivity index (χ3v) is 18.7. The molecule has 480 valence electrons. The van der Waals surface area contributed by atoms with E-state index in [-0.39, 0.29) is 68.8 Å². The number of anilines is 5. The number of hydrogen-bond acceptors (Lipinski definition) is 18. The number of methoxy groups -OCH3 is 1. The number of ether oxygens (including phenoxy) is 5. The zero-order valence-electron chi connectivity index (χ0n) is 52.9. The zero-order valence-corrected chi connectivity index (χ0v) is 54.5. The lowest BCUT2D eigenvalue weighted by Gasteiger charge is -2.39. The predicted octanol–water partition coefficient (Wildman–Crippen LogP) is 8.43. The summed E-state index contributed by atoms with van der Waals surface area (Å²) in [5, 5.41) is 12.5. The van der Waals surface area contributed by atoms with Gasteiger partial charge in [-0.3, -0.25) is 29.3 Å². The number of aromatic nitrogens is 3. The molecular formula is C65H91ClFN11O9S. The Balaban J connectivity index is 0.722. The van der Waals surface area contributed by atoms with Crippen molar-refractivity contribution in [3.05, 3.63) is 117 Å². The maximum absolute atomic E-state index is 14.2. The van der Waals surface area contributed by atoms with E-state index < -0.39 is 15.1 Å². The lowest BCUT2D eigenvalue weighted by molar-refractivity contribution is -0.123. The number of benzene rings is 3. The molecule has 2 aromatic heterocycles. The van der Waals surface area contributed by atoms with Crippen LogP contribution in [0.4, 0.5) is 33.2 Å². The fourth-order valence-corrected chi connectivity index (χ4v) is 12.8. The van der Waals surface area contributed by atoms with Crippen LogP contribution in [0, 0.1) is 12.7 Å². The van der Waals surface area contributed by atoms with Crippen LogP contribution in [-0.4, -0.2) is 193 Å². The highest BCUT2D eigenvalue weighted by Gasteiger charge is 2.42. The Kier molecular flexibility index (Phi) is 24.5. The summed E-state index contributed by atoms with van der Waals surface area (Å²) in [5.74, 6) is 1.13. The topological polar surface area (TPSA) is 214 Å². The molecule has 2 amide bonds. The largest absolute Gasteiger partial charge is 0.489 e. The van der Waals surface area contributed by atoms with Gasteiger partial charge in [0.1, 0.15) is 16.6 Å². The van der Waals surface area contributed by atoms with Gasteiger partial charge in [0.05, 0.1) is 110 Å². The number of likely N-dealkylation sites (N-methyl/N-ethyl adjacent to an activating group) is 1. The minimum Gasteiger partial charge on any atom is -0.489 e. The monoisotopic (exact) mass is 1260 g/mol. The van der Waals surface area contributed by atoms with Crippen LogP contribution >= 0.6 is 11.6 Å². The van der Waals surface area contributed by atoms with E-state index in [9.17, 15) is 22.4 Å². The van der Waals surface area contributed by atoms with Crippen molar-refractivity contribution in [2.75, 3.05) is 135 Å². The quantitative estimate of drug-likeness (QED) is 0.0307. The van der Waals surface area contributed by atoms with Gasteiger partial charge in [-0.15, -0.1) is 0 Å². The number of aryl methyl sites for hydroxylation is 1. The Morgan fingerprint density at radius 1 is 0.909 bits per heavy atom. The average molecular weight is 1260 g/mol. The molecule has 0 bridgehead atoms. The molecule has 0 aliphatic carbocycles. The molecule has 3 aliphatic heterocycles. The molecule has 2 atom stereocenters. The van der Waals surface area contributed by atoms with E-state index in [0.29, 0.717) is 109 Å². The lowest BCUT2D eigenvalue weighted by Crippen LogP contribution is -2.59. The van der Waals surface area contributed by atoms with Crippen LogP contribution in [0.3, 0.4) is 0 Å². The highest BCUT2D eigenvalue weighted by atomic mass is 35.5. The Bertz CT molecular complexity index is 3240. The second-order valence-electron chi connectivity index (χ2n) is 24.6. The molecule has 8 rings (SSSR count). The van der Waals surface area contributed by atoms with Crippen molar-refractivity contribution in [2.45, 2.75) is 121 Å². The third kappa shape index (κ3) is 18.6. The molecule has 0 unspecified atom stereocenters. The number of amides is 2. The number of likely N-dealkylation sites (tertiary alicyclic amines) is 1. The number of piperidine rings is 1. The normalized spacial score (nSPS) is 17.5. The van der Waals surface area contributed by atoms with E-state index in [1.165, 1.54) is 23.9 Å². The van der Waals surface area contributed by atoms with Crippen LogP contribution < -0.4 is 30.9 Å². The number of para-hydroxylation sites is 1. The molecule has 0 radical (unpaired) electrons. The molecule has 5 heterocycles. The van der Waals surface area contributed by atoms with Crippen LogP contribution in [0.1, 0.15) is 101 Å². The number of carbonyl (C=O) groups excluding carboxylic acids is 2. The number of nitrogens with one attached hydrogen (secondary N) is 4. The molecule has 3 aromatic carbocycles. The summed E-state index contributed by atoms with van der Waals surface area (Å²) in [5.41, 5.74) is 7.56. The van der Waals surface area contributed by atoms with Gasteiger partial charge in [-0.2, -0.15) is 4.98 Å². The average Bonchev–Trinajstić information content (AvgIpc) is 1.81. The second-order valence-corrected chi connectivity index (χ2v) is 27.4. The summed E-state index contributed by atoms with van der Waals surface area (Å²) in [7, 11) is 0.142. The number of nitrogens with zero attached hydrogens (tertiary/aromatic N) is 7. The highest BCUT2D eigenvalue weighted by molar-refractivity contribution is 7.92. The molecule has 3 aliphatic rings. The smallest absolute Gasteiger partial charge is 0.241 e. The van der Waals surface area contributed by atoms with Crippen LogP contribution in [0.5, 0.6) is 5.75 Å². The van der Waals surface area contributed by atoms with Crippen LogP contribution in [0.15, 0.2) is 77.8 Å². The summed E-state index contributed by atoms with van der Waals surface area (Å²) >= 11 is 6.54. The number of halogens is 2. The van der Waals surface area contributed by atoms with Gasteiger partial charge in [0, 0.05) is 63.9 Å². The number of sulfone groups is 1. The van der Waals surface area contributed by atoms with Crippen molar-refractivity contribution < 1.29 is 46.1 Å². The summed E-state index contributed by atoms with van der Waals surface area (Å²) in [6.07, 6.45) is 3.65. The van der Waals surface area contributed by atoms with Gasteiger partial charge in [0.15, 0.2) is 15.7 Å². The molecule has 20 nitrogen and oxygen atoms in total. The number of rotatable bonds is 31. The molecule has 2 saturated heterocycles. The SMILES string of the molecule is COC[C@H]1CN[C@H](C)CN1CC(=O)N1CC(C)(C)c2nc(CN(C)CCOCCOCCOCCNC(=O)CN3CCC(c4cc(OC(C)C)c(Nc5ncc(Cl)c(Nc6ccccc6S(=O)(=O)C(C)C)n5)cc4C)CC3)c(Cc3ccc(F)cc3)cc21. The summed E-state index contributed by atoms with van der Waals surface area (Å²) < 4.78 is 69.6. The van der Waals surface area contributed by atoms with Crippen LogP contribution in [-0.2, 0) is 56.8 Å². The molecule has 23 heteroatoms. The second kappa shape index (κ2) is 31.7. The number of carbonyl (C=O) groups is 2. The Morgan fingerprint density at radius 3 is 2.32 bits per heavy atom. The van der Waals surface area contributed by atoms with Gasteiger partial charge in [0.25, 0.3) is 0 Å². The van der Waals surface area contributed by atoms with Crippen molar-refractivity contribution in [3.63, 3.8) is 0 Å². The fraction of sp³-hybridized carbons (Fsp3) is 0.554. The van der Waals surface area contributed by atoms with Crippen molar-refractivity contribution in [3.8, 4) is 5.75 Å². The summed E-state index contributed by atoms with van der Waals surface area (Å²) in [6, 6.07) is 19.9. The first-order valence-electron chi connectivity index (χ1n) is 30.7. The van der Waals surface area contributed by atoms with E-state index in [0.717, 1.165) is 72.8 Å². The van der Waals surface area contributed by atoms with E-state index in [1.807, 2.05) is 31.9 Å². The molecule has 2 fully saturated rings. The van der Waals surface area contributed by atoms with Crippen LogP contribution in [0.25, 0.3) is 0 Å². The number of pyridine rings is 1. The summed E-state index contributed by atoms with van der Waals surface area (Å²) in [4.78, 5) is 50.2. The van der Waals surface area contributed by atoms with Crippen molar-refractivity contribution in [1.82, 2.24) is 40.3 Å². The summed E-state index contributed by atoms with van der Waals surface area (Å²) in [6.45, 7) is 24.6. The highest BCUT2D eigenvalue weighted by Crippen LogP contribution is 2.42. The fourth-order valence-electron chi connectivity index (χ4n) is 11.5. The Morgan fingerprint density at radius 2 is 1.61 bits per heavy atom. The van der Waals surface area contributed by atoms with Crippen molar-refractivity contribution in [1.29, 1.82) is 0 Å². The molecule has 5 aromatic rings. The van der Waals surface area contributed by atoms with Gasteiger partial charge in [-0.1, -0.05) is 49.7 Å². The molecule has 88 heavy (non-hydrogen) atoms. The molecule has 0 spiro atoms. The molecular weight excluding hydrogens is 1170 g/mol. The van der Waals surface area contributed by atoms with Crippen LogP contribution in [0.2, 0.25) is 5.02 Å². The van der Waals surface area contributed by atoms with E-state index >= 15 is 0 Å². The van der Waals surface area contributed by atoms with E-state index in [2.05, 4.69) is 85.8 Å². The molecule has 0 saturated carbocycles. The van der Waals surface area contributed by atoms with Gasteiger partial charge < -0.3 is 49.9 Å². The first-order valence-corrected chi connectivity index (χ1v) is 32.7. The molecule has 4 N–H and O–H groups in total. The van der Waals surface area contributed by atoms with Crippen molar-refractivity contribution >= 4 is 62.1 Å². The standard InChI is InChI=1S/C65H91ClFN11O9S/c1-43(2)87-58-34-52(45(5)31-55(58)73-64-70-36-53(66)63(74-64)72-54-13-11-12-14-59(54)88(81,82)44(3)4)48-19-22-76(23-20-48)39-60(79)68-21-25-84-27-29-86-30-28-85-26-24-75(9)38-56-49(32-47-15-17-50(67)18-16-47)33-57-62(71-56)65(7,8)42-78(57)61(80)40-77-37-46(6)69-35-51(77)41-83-10/h11-18,31,33-34,36,43-44,46,48,51,69H,19-30,32,35,37-42H2,1-10H3,(H,68,79)(H2,70,72,73,74)/t46-,51-/m1/s1. The Labute approximate surface area is 524 Å². The van der Waals surface area contributed by atoms with Gasteiger partial charge in [-0.05, 0) is 152 Å². The first kappa shape index (κ1) is 68.0. The van der Waals surface area contributed by atoms with E-state index in [4.69, 9.17) is 40.3 Å². The predicted molar refractivity (Wildman–Crippen MR) is 343 cm³/mol.